The Labute approximate surface area is 183 Å². The predicted octanol–water partition coefficient (Wildman–Crippen LogP) is 3.65. The van der Waals surface area contributed by atoms with Gasteiger partial charge in [0, 0.05) is 12.2 Å². The molecule has 2 N–H and O–H groups in total. The van der Waals surface area contributed by atoms with Gasteiger partial charge in [-0.1, -0.05) is 48.2 Å². The minimum atomic E-state index is -0.595. The summed E-state index contributed by atoms with van der Waals surface area (Å²) >= 11 is 1.25. The lowest BCUT2D eigenvalue weighted by Gasteiger charge is -2.13. The molecule has 0 saturated heterocycles. The zero-order valence-corrected chi connectivity index (χ0v) is 17.7. The fourth-order valence-corrected chi connectivity index (χ4v) is 3.60. The Hall–Kier alpha value is -3.46. The number of nitrogens with zero attached hydrogens (tertiary/aromatic N) is 3. The average Bonchev–Trinajstić information content (AvgIpc) is 3.14. The van der Waals surface area contributed by atoms with Crippen molar-refractivity contribution in [3.8, 4) is 0 Å². The van der Waals surface area contributed by atoms with Gasteiger partial charge in [-0.15, -0.1) is 16.8 Å². The molecule has 0 aliphatic carbocycles. The SMILES string of the molecule is C=CCn1c(CNC(=O)c2ccccc2F)nnc1SC(C)C(=O)Nc1ccccc1. The van der Waals surface area contributed by atoms with Crippen molar-refractivity contribution in [1.82, 2.24) is 20.1 Å². The van der Waals surface area contributed by atoms with E-state index in [2.05, 4.69) is 27.4 Å². The molecule has 1 aromatic heterocycles. The summed E-state index contributed by atoms with van der Waals surface area (Å²) in [6, 6.07) is 14.9. The summed E-state index contributed by atoms with van der Waals surface area (Å²) in [5.41, 5.74) is 0.669. The van der Waals surface area contributed by atoms with Crippen molar-refractivity contribution in [2.75, 3.05) is 5.32 Å². The molecule has 160 valence electrons. The van der Waals surface area contributed by atoms with Gasteiger partial charge in [0.25, 0.3) is 5.91 Å². The molecule has 2 aromatic carbocycles. The van der Waals surface area contributed by atoms with Crippen LogP contribution in [0.1, 0.15) is 23.1 Å². The fourth-order valence-electron chi connectivity index (χ4n) is 2.73. The van der Waals surface area contributed by atoms with Crippen LogP contribution in [0.25, 0.3) is 0 Å². The highest BCUT2D eigenvalue weighted by molar-refractivity contribution is 8.00. The molecule has 0 radical (unpaired) electrons. The van der Waals surface area contributed by atoms with Crippen LogP contribution in [0.3, 0.4) is 0 Å². The first-order valence-electron chi connectivity index (χ1n) is 9.58. The van der Waals surface area contributed by atoms with Gasteiger partial charge in [-0.25, -0.2) is 4.39 Å². The quantitative estimate of drug-likeness (QED) is 0.392. The number of carbonyl (C=O) groups excluding carboxylic acids is 2. The van der Waals surface area contributed by atoms with E-state index in [0.717, 1.165) is 0 Å². The number of carbonyl (C=O) groups is 2. The predicted molar refractivity (Wildman–Crippen MR) is 118 cm³/mol. The molecule has 0 fully saturated rings. The smallest absolute Gasteiger partial charge is 0.254 e. The summed E-state index contributed by atoms with van der Waals surface area (Å²) in [6.07, 6.45) is 1.67. The maximum Gasteiger partial charge on any atom is 0.254 e. The van der Waals surface area contributed by atoms with Gasteiger partial charge in [-0.3, -0.25) is 9.59 Å². The van der Waals surface area contributed by atoms with E-state index < -0.39 is 17.0 Å². The molecule has 1 heterocycles. The molecule has 9 heteroatoms. The number of para-hydroxylation sites is 1. The molecule has 0 spiro atoms. The van der Waals surface area contributed by atoms with Gasteiger partial charge < -0.3 is 15.2 Å². The van der Waals surface area contributed by atoms with Gasteiger partial charge >= 0.3 is 0 Å². The van der Waals surface area contributed by atoms with Gasteiger partial charge in [0.2, 0.25) is 5.91 Å². The Balaban J connectivity index is 1.66. The number of anilines is 1. The molecule has 7 nitrogen and oxygen atoms in total. The molecule has 3 aromatic rings. The number of hydrogen-bond donors (Lipinski definition) is 2. The topological polar surface area (TPSA) is 88.9 Å². The third-order valence-electron chi connectivity index (χ3n) is 4.32. The van der Waals surface area contributed by atoms with E-state index >= 15 is 0 Å². The summed E-state index contributed by atoms with van der Waals surface area (Å²) < 4.78 is 15.6. The largest absolute Gasteiger partial charge is 0.345 e. The van der Waals surface area contributed by atoms with Gasteiger partial charge in [-0.2, -0.15) is 0 Å². The number of thioether (sulfide) groups is 1. The van der Waals surface area contributed by atoms with Crippen LogP contribution >= 0.6 is 11.8 Å². The first-order chi connectivity index (χ1) is 15.0. The second kappa shape index (κ2) is 10.5. The maximum absolute atomic E-state index is 13.8. The van der Waals surface area contributed by atoms with E-state index in [1.807, 2.05) is 30.3 Å². The number of hydrogen-bond acceptors (Lipinski definition) is 5. The number of aromatic nitrogens is 3. The van der Waals surface area contributed by atoms with Crippen LogP contribution in [0, 0.1) is 5.82 Å². The highest BCUT2D eigenvalue weighted by Gasteiger charge is 2.20. The lowest BCUT2D eigenvalue weighted by molar-refractivity contribution is -0.115. The van der Waals surface area contributed by atoms with E-state index in [-0.39, 0.29) is 18.0 Å². The average molecular weight is 440 g/mol. The Bertz CT molecular complexity index is 1070. The Morgan fingerprint density at radius 1 is 1.16 bits per heavy atom. The van der Waals surface area contributed by atoms with Gasteiger partial charge in [-0.05, 0) is 31.2 Å². The molecule has 31 heavy (non-hydrogen) atoms. The molecule has 1 unspecified atom stereocenters. The monoisotopic (exact) mass is 439 g/mol. The summed E-state index contributed by atoms with van der Waals surface area (Å²) in [5.74, 6) is -0.834. The van der Waals surface area contributed by atoms with Crippen molar-refractivity contribution in [3.63, 3.8) is 0 Å². The molecule has 0 bridgehead atoms. The summed E-state index contributed by atoms with van der Waals surface area (Å²) in [6.45, 7) is 5.96. The number of amides is 2. The molecule has 1 atom stereocenters. The van der Waals surface area contributed by atoms with E-state index in [4.69, 9.17) is 0 Å². The van der Waals surface area contributed by atoms with E-state index in [9.17, 15) is 14.0 Å². The molecular weight excluding hydrogens is 417 g/mol. The van der Waals surface area contributed by atoms with Gasteiger partial charge in [0.15, 0.2) is 11.0 Å². The molecule has 3 rings (SSSR count). The van der Waals surface area contributed by atoms with Crippen LogP contribution in [0.15, 0.2) is 72.4 Å². The van der Waals surface area contributed by atoms with Crippen LogP contribution in [0.5, 0.6) is 0 Å². The van der Waals surface area contributed by atoms with Crippen molar-refractivity contribution in [2.24, 2.45) is 0 Å². The van der Waals surface area contributed by atoms with Crippen LogP contribution in [-0.2, 0) is 17.9 Å². The van der Waals surface area contributed by atoms with Crippen LogP contribution in [0.4, 0.5) is 10.1 Å². The lowest BCUT2D eigenvalue weighted by Crippen LogP contribution is -2.26. The Morgan fingerprint density at radius 3 is 2.58 bits per heavy atom. The van der Waals surface area contributed by atoms with E-state index in [1.54, 1.807) is 23.6 Å². The van der Waals surface area contributed by atoms with Gasteiger partial charge in [0.1, 0.15) is 5.82 Å². The van der Waals surface area contributed by atoms with Crippen molar-refractivity contribution < 1.29 is 14.0 Å². The van der Waals surface area contributed by atoms with Crippen molar-refractivity contribution in [2.45, 2.75) is 30.4 Å². The molecule has 2 amide bonds. The fraction of sp³-hybridized carbons (Fsp3) is 0.182. The number of halogens is 1. The highest BCUT2D eigenvalue weighted by Crippen LogP contribution is 2.23. The van der Waals surface area contributed by atoms with E-state index in [0.29, 0.717) is 23.2 Å². The summed E-state index contributed by atoms with van der Waals surface area (Å²) in [4.78, 5) is 24.8. The second-order valence-corrected chi connectivity index (χ2v) is 7.88. The van der Waals surface area contributed by atoms with Crippen molar-refractivity contribution in [1.29, 1.82) is 0 Å². The molecular formula is C22H22FN5O2S. The number of allylic oxidation sites excluding steroid dienone is 1. The summed E-state index contributed by atoms with van der Waals surface area (Å²) in [5, 5.41) is 13.9. The minimum Gasteiger partial charge on any atom is -0.345 e. The van der Waals surface area contributed by atoms with Crippen LogP contribution in [0.2, 0.25) is 0 Å². The van der Waals surface area contributed by atoms with Crippen LogP contribution in [-0.4, -0.2) is 31.8 Å². The van der Waals surface area contributed by atoms with E-state index in [1.165, 1.54) is 30.0 Å². The number of nitrogens with one attached hydrogen (secondary N) is 2. The first kappa shape index (κ1) is 22.2. The number of benzene rings is 2. The molecule has 0 aliphatic rings. The standard InChI is InChI=1S/C22H22FN5O2S/c1-3-13-28-19(14-24-21(30)17-11-7-8-12-18(17)23)26-27-22(28)31-15(2)20(29)25-16-9-5-4-6-10-16/h3-12,15H,1,13-14H2,2H3,(H,24,30)(H,25,29). The zero-order chi connectivity index (χ0) is 22.2. The molecule has 0 saturated carbocycles. The lowest BCUT2D eigenvalue weighted by atomic mass is 10.2. The van der Waals surface area contributed by atoms with Gasteiger partial charge in [0.05, 0.1) is 17.4 Å². The third kappa shape index (κ3) is 5.79. The van der Waals surface area contributed by atoms with Crippen LogP contribution < -0.4 is 10.6 Å². The number of rotatable bonds is 9. The first-order valence-corrected chi connectivity index (χ1v) is 10.5. The Kier molecular flexibility index (Phi) is 7.55. The third-order valence-corrected chi connectivity index (χ3v) is 5.40. The maximum atomic E-state index is 13.8. The summed E-state index contributed by atoms with van der Waals surface area (Å²) in [7, 11) is 0. The van der Waals surface area contributed by atoms with Crippen molar-refractivity contribution >= 4 is 29.3 Å². The second-order valence-electron chi connectivity index (χ2n) is 6.58. The molecule has 0 aliphatic heterocycles. The minimum absolute atomic E-state index is 0.0434. The van der Waals surface area contributed by atoms with Crippen molar-refractivity contribution in [3.05, 3.63) is 84.5 Å². The Morgan fingerprint density at radius 2 is 1.87 bits per heavy atom. The highest BCUT2D eigenvalue weighted by atomic mass is 32.2. The zero-order valence-electron chi connectivity index (χ0n) is 16.9. The normalized spacial score (nSPS) is 11.5.